The van der Waals surface area contributed by atoms with Gasteiger partial charge in [0.2, 0.25) is 0 Å². The molecule has 0 atom stereocenters. The van der Waals surface area contributed by atoms with Crippen LogP contribution in [0.4, 0.5) is 0 Å². The first-order chi connectivity index (χ1) is 43.1. The van der Waals surface area contributed by atoms with Gasteiger partial charge in [-0.25, -0.2) is 0 Å². The minimum Gasteiger partial charge on any atom is -0.501 e. The zero-order chi connectivity index (χ0) is 59.9. The lowest BCUT2D eigenvalue weighted by Gasteiger charge is -2.18. The third-order valence-electron chi connectivity index (χ3n) is 18.1. The number of fused-ring (bicyclic) bond motifs is 11. The van der Waals surface area contributed by atoms with E-state index < -0.39 is 0 Å². The van der Waals surface area contributed by atoms with Crippen LogP contribution >= 0.6 is 0 Å². The van der Waals surface area contributed by atoms with Crippen molar-refractivity contribution >= 4 is 131 Å². The van der Waals surface area contributed by atoms with Crippen molar-refractivity contribution in [2.24, 2.45) is 0 Å². The maximum Gasteiger partial charge on any atom is 0.163 e. The normalized spacial score (nSPS) is 12.4. The molecule has 0 aliphatic heterocycles. The standard InChI is InChI=1S/C42H31NO2.C40H29NO2/c1-26(44)42(27(2)45-3)39-25-37-31-16-8-7-15-30(31)35(24-36(37)32-17-9-10-18-33(32)39)28-21-22-41-38(23-28)34-19-11-12-20-40(34)43(41)29-13-5-4-6-14-29;1-24(42)38(25(2)43-3)33-20-15-27-14-19-32-30(18-13-26-16-21-34(33)40(27)39(26)32)28-17-22-37-35(23-28)31-11-7-8-12-36(31)41(37)29-9-5-4-6-10-29/h4-25H,1-3H3;4-23H,1-3H3/b42-27+;38-25+. The summed E-state index contributed by atoms with van der Waals surface area (Å²) in [4.78, 5) is 25.8. The molecule has 16 aromatic rings. The maximum absolute atomic E-state index is 13.0. The van der Waals surface area contributed by atoms with Crippen LogP contribution in [0.2, 0.25) is 0 Å². The highest BCUT2D eigenvalue weighted by atomic mass is 16.5. The molecule has 422 valence electrons. The summed E-state index contributed by atoms with van der Waals surface area (Å²) in [5.41, 5.74) is 14.9. The van der Waals surface area contributed by atoms with Gasteiger partial charge in [0.15, 0.2) is 11.6 Å². The van der Waals surface area contributed by atoms with E-state index in [1.807, 2.05) is 19.9 Å². The second-order valence-corrected chi connectivity index (χ2v) is 22.9. The Kier molecular flexibility index (Phi) is 13.1. The molecule has 0 aliphatic carbocycles. The predicted octanol–water partition coefficient (Wildman–Crippen LogP) is 21.2. The highest BCUT2D eigenvalue weighted by molar-refractivity contribution is 6.32. The van der Waals surface area contributed by atoms with Gasteiger partial charge in [0.25, 0.3) is 0 Å². The van der Waals surface area contributed by atoms with Crippen LogP contribution in [-0.2, 0) is 19.1 Å². The van der Waals surface area contributed by atoms with E-state index in [4.69, 9.17) is 9.47 Å². The van der Waals surface area contributed by atoms with E-state index >= 15 is 0 Å². The topological polar surface area (TPSA) is 62.5 Å². The first-order valence-corrected chi connectivity index (χ1v) is 29.9. The molecule has 6 nitrogen and oxygen atoms in total. The summed E-state index contributed by atoms with van der Waals surface area (Å²) in [7, 11) is 3.24. The summed E-state index contributed by atoms with van der Waals surface area (Å²) in [5.74, 6) is 1.24. The third-order valence-corrected chi connectivity index (χ3v) is 18.1. The molecule has 0 saturated carbocycles. The molecule has 0 spiro atoms. The summed E-state index contributed by atoms with van der Waals surface area (Å²) in [6.07, 6.45) is 0. The average molecular weight is 1140 g/mol. The minimum absolute atomic E-state index is 0.00181. The number of aromatic nitrogens is 2. The molecule has 16 rings (SSSR count). The Labute approximate surface area is 509 Å². The summed E-state index contributed by atoms with van der Waals surface area (Å²) in [6, 6.07) is 91.0. The molecule has 0 N–H and O–H groups in total. The van der Waals surface area contributed by atoms with Crippen LogP contribution in [-0.4, -0.2) is 34.9 Å². The van der Waals surface area contributed by atoms with E-state index in [2.05, 4.69) is 258 Å². The summed E-state index contributed by atoms with van der Waals surface area (Å²) < 4.78 is 15.9. The van der Waals surface area contributed by atoms with Gasteiger partial charge in [0.05, 0.1) is 47.4 Å². The monoisotopic (exact) mass is 1140 g/mol. The Bertz CT molecular complexity index is 5610. The molecule has 0 unspecified atom stereocenters. The first-order valence-electron chi connectivity index (χ1n) is 29.9. The van der Waals surface area contributed by atoms with Crippen molar-refractivity contribution < 1.29 is 19.1 Å². The number of nitrogens with zero attached hydrogens (tertiary/aromatic N) is 2. The van der Waals surface area contributed by atoms with Gasteiger partial charge < -0.3 is 18.6 Å². The summed E-state index contributed by atoms with van der Waals surface area (Å²) in [5, 5.41) is 18.7. The molecule has 2 heterocycles. The Morgan fingerprint density at radius 3 is 1.25 bits per heavy atom. The molecule has 0 radical (unpaired) electrons. The number of ketones is 2. The average Bonchev–Trinajstić information content (AvgIpc) is 0.919. The van der Waals surface area contributed by atoms with E-state index in [1.54, 1.807) is 28.1 Å². The number of hydrogen-bond acceptors (Lipinski definition) is 4. The van der Waals surface area contributed by atoms with Crippen molar-refractivity contribution in [3.05, 3.63) is 277 Å². The molecule has 0 aliphatic rings. The lowest BCUT2D eigenvalue weighted by molar-refractivity contribution is -0.112. The molecule has 14 aromatic carbocycles. The number of allylic oxidation sites excluding steroid dienone is 4. The van der Waals surface area contributed by atoms with Crippen molar-refractivity contribution in [3.63, 3.8) is 0 Å². The maximum atomic E-state index is 13.0. The highest BCUT2D eigenvalue weighted by Gasteiger charge is 2.23. The van der Waals surface area contributed by atoms with E-state index in [-0.39, 0.29) is 11.6 Å². The van der Waals surface area contributed by atoms with Crippen LogP contribution in [0, 0.1) is 0 Å². The number of Topliss-reactive ketones (excluding diaryl/α,β-unsaturated/α-hetero) is 2. The van der Waals surface area contributed by atoms with Crippen molar-refractivity contribution in [3.8, 4) is 33.6 Å². The fraction of sp³-hybridized carbons (Fsp3) is 0.0732. The van der Waals surface area contributed by atoms with E-state index in [0.717, 1.165) is 60.2 Å². The number of carbonyl (C=O) groups is 2. The van der Waals surface area contributed by atoms with Crippen LogP contribution in [0.5, 0.6) is 0 Å². The van der Waals surface area contributed by atoms with Crippen molar-refractivity contribution in [2.75, 3.05) is 14.2 Å². The fourth-order valence-electron chi connectivity index (χ4n) is 14.1. The van der Waals surface area contributed by atoms with Crippen molar-refractivity contribution in [2.45, 2.75) is 27.7 Å². The van der Waals surface area contributed by atoms with Gasteiger partial charge >= 0.3 is 0 Å². The first kappa shape index (κ1) is 53.6. The number of methoxy groups -OCH3 is 2. The van der Waals surface area contributed by atoms with E-state index in [9.17, 15) is 9.59 Å². The molecule has 0 fully saturated rings. The lowest BCUT2D eigenvalue weighted by Crippen LogP contribution is -2.02. The number of carbonyl (C=O) groups excluding carboxylic acids is 2. The minimum atomic E-state index is -0.0113. The van der Waals surface area contributed by atoms with Gasteiger partial charge in [-0.3, -0.25) is 9.59 Å². The summed E-state index contributed by atoms with van der Waals surface area (Å²) >= 11 is 0. The number of benzene rings is 14. The lowest BCUT2D eigenvalue weighted by atomic mass is 9.86. The highest BCUT2D eigenvalue weighted by Crippen LogP contribution is 2.46. The second-order valence-electron chi connectivity index (χ2n) is 22.9. The predicted molar refractivity (Wildman–Crippen MR) is 369 cm³/mol. The van der Waals surface area contributed by atoms with Crippen molar-refractivity contribution in [1.29, 1.82) is 0 Å². The van der Waals surface area contributed by atoms with Gasteiger partial charge in [0.1, 0.15) is 11.5 Å². The molecule has 0 bridgehead atoms. The molecule has 0 saturated heterocycles. The van der Waals surface area contributed by atoms with Gasteiger partial charge in [0, 0.05) is 32.9 Å². The molecule has 6 heteroatoms. The zero-order valence-electron chi connectivity index (χ0n) is 49.8. The largest absolute Gasteiger partial charge is 0.501 e. The summed E-state index contributed by atoms with van der Waals surface area (Å²) in [6.45, 7) is 6.95. The molecular weight excluding hydrogens is 1080 g/mol. The molecule has 2 aromatic heterocycles. The van der Waals surface area contributed by atoms with Gasteiger partial charge in [-0.1, -0.05) is 182 Å². The Morgan fingerprint density at radius 1 is 0.295 bits per heavy atom. The number of ether oxygens (including phenoxy) is 2. The van der Waals surface area contributed by atoms with Crippen LogP contribution in [0.15, 0.2) is 266 Å². The number of rotatable bonds is 10. The van der Waals surface area contributed by atoms with E-state index in [1.165, 1.54) is 92.8 Å². The van der Waals surface area contributed by atoms with Gasteiger partial charge in [-0.15, -0.1) is 0 Å². The SMILES string of the molecule is CO/C(C)=C(\C(C)=O)c1cc2c3ccccc3c(-c3ccc4c(c3)c3ccccc3n4-c3ccccc3)cc2c2ccccc12.CO/C(C)=C(\C(C)=O)c1ccc2ccc3c(-c4ccc5c(c4)c4ccccc4n5-c4ccccc4)ccc4ccc1c2c43. The zero-order valence-corrected chi connectivity index (χ0v) is 49.8. The molecule has 88 heavy (non-hydrogen) atoms. The molecular formula is C82H60N2O4. The van der Waals surface area contributed by atoms with E-state index in [0.29, 0.717) is 22.7 Å². The quantitative estimate of drug-likeness (QED) is 0.0778. The van der Waals surface area contributed by atoms with Gasteiger partial charge in [-0.2, -0.15) is 0 Å². The van der Waals surface area contributed by atoms with Crippen LogP contribution < -0.4 is 0 Å². The fourth-order valence-corrected chi connectivity index (χ4v) is 14.1. The van der Waals surface area contributed by atoms with Crippen LogP contribution in [0.1, 0.15) is 38.8 Å². The third kappa shape index (κ3) is 8.54. The van der Waals surface area contributed by atoms with Crippen molar-refractivity contribution in [1.82, 2.24) is 9.13 Å². The smallest absolute Gasteiger partial charge is 0.163 e. The molecule has 0 amide bonds. The van der Waals surface area contributed by atoms with Crippen LogP contribution in [0.25, 0.3) is 153 Å². The Hall–Kier alpha value is -11.1. The number of hydrogen-bond donors (Lipinski definition) is 0. The van der Waals surface area contributed by atoms with Gasteiger partial charge in [-0.05, 0) is 199 Å². The number of para-hydroxylation sites is 4. The Balaban J connectivity index is 0.000000148. The Morgan fingerprint density at radius 2 is 0.705 bits per heavy atom. The second kappa shape index (κ2) is 21.5. The van der Waals surface area contributed by atoms with Crippen LogP contribution in [0.3, 0.4) is 0 Å².